The third-order valence-corrected chi connectivity index (χ3v) is 3.84. The average molecular weight is 238 g/mol. The molecule has 3 heteroatoms. The maximum atomic E-state index is 4.39. The van der Waals surface area contributed by atoms with Crippen molar-refractivity contribution in [2.45, 2.75) is 51.6 Å². The molecule has 0 aliphatic carbocycles. The van der Waals surface area contributed by atoms with Gasteiger partial charge >= 0.3 is 0 Å². The zero-order chi connectivity index (χ0) is 12.0. The summed E-state index contributed by atoms with van der Waals surface area (Å²) in [6.07, 6.45) is 7.21. The largest absolute Gasteiger partial charge is 0.303 e. The molecule has 1 rings (SSSR count). The highest BCUT2D eigenvalue weighted by Crippen LogP contribution is 2.23. The molecule has 0 spiro atoms. The summed E-state index contributed by atoms with van der Waals surface area (Å²) in [5.74, 6) is 0. The van der Waals surface area contributed by atoms with Gasteiger partial charge < -0.3 is 5.32 Å². The summed E-state index contributed by atoms with van der Waals surface area (Å²) >= 11 is 1.71. The van der Waals surface area contributed by atoms with Gasteiger partial charge in [0, 0.05) is 17.6 Å². The number of nitrogens with one attached hydrogen (secondary N) is 1. The second-order valence-corrected chi connectivity index (χ2v) is 5.47. The van der Waals surface area contributed by atoms with E-state index >= 15 is 0 Å². The van der Waals surface area contributed by atoms with Crippen molar-refractivity contribution in [1.82, 2.24) is 10.3 Å². The summed E-state index contributed by atoms with van der Waals surface area (Å²) in [5.41, 5.74) is -0.0317. The summed E-state index contributed by atoms with van der Waals surface area (Å²) < 4.78 is 0. The Hall–Kier alpha value is -0.670. The molecular weight excluding hydrogens is 216 g/mol. The molecule has 1 heterocycles. The molecule has 0 radical (unpaired) electrons. The SMILES string of the molecule is C=CCCC(CC)NC(C)(C)c1nccs1. The Kier molecular flexibility index (Phi) is 5.16. The van der Waals surface area contributed by atoms with Crippen LogP contribution in [0.4, 0.5) is 0 Å². The van der Waals surface area contributed by atoms with E-state index in [-0.39, 0.29) is 5.54 Å². The van der Waals surface area contributed by atoms with Crippen LogP contribution in [-0.4, -0.2) is 11.0 Å². The molecule has 1 N–H and O–H groups in total. The summed E-state index contributed by atoms with van der Waals surface area (Å²) in [6, 6.07) is 0.539. The van der Waals surface area contributed by atoms with Gasteiger partial charge in [0.1, 0.15) is 5.01 Å². The number of nitrogens with zero attached hydrogens (tertiary/aromatic N) is 1. The van der Waals surface area contributed by atoms with Gasteiger partial charge in [0.2, 0.25) is 0 Å². The van der Waals surface area contributed by atoms with E-state index in [2.05, 4.69) is 37.7 Å². The highest BCUT2D eigenvalue weighted by molar-refractivity contribution is 7.09. The van der Waals surface area contributed by atoms with Crippen molar-refractivity contribution >= 4 is 11.3 Å². The molecule has 0 saturated carbocycles. The van der Waals surface area contributed by atoms with Crippen LogP contribution in [0.25, 0.3) is 0 Å². The number of aromatic nitrogens is 1. The zero-order valence-corrected chi connectivity index (χ0v) is 11.3. The van der Waals surface area contributed by atoms with Gasteiger partial charge in [-0.1, -0.05) is 13.0 Å². The monoisotopic (exact) mass is 238 g/mol. The van der Waals surface area contributed by atoms with Crippen molar-refractivity contribution in [2.24, 2.45) is 0 Å². The number of hydrogen-bond acceptors (Lipinski definition) is 3. The Morgan fingerprint density at radius 2 is 2.38 bits per heavy atom. The van der Waals surface area contributed by atoms with Gasteiger partial charge in [-0.25, -0.2) is 4.98 Å². The molecule has 0 aromatic carbocycles. The Balaban J connectivity index is 2.59. The minimum Gasteiger partial charge on any atom is -0.303 e. The van der Waals surface area contributed by atoms with Gasteiger partial charge in [-0.2, -0.15) is 0 Å². The van der Waals surface area contributed by atoms with Gasteiger partial charge in [-0.3, -0.25) is 0 Å². The molecule has 1 aromatic heterocycles. The van der Waals surface area contributed by atoms with E-state index in [0.717, 1.165) is 24.3 Å². The molecule has 90 valence electrons. The fraction of sp³-hybridized carbons (Fsp3) is 0.615. The molecule has 0 fully saturated rings. The van der Waals surface area contributed by atoms with Crippen LogP contribution in [0.3, 0.4) is 0 Å². The molecule has 0 aliphatic heterocycles. The molecule has 1 aromatic rings. The van der Waals surface area contributed by atoms with Crippen LogP contribution in [0, 0.1) is 0 Å². The molecule has 0 amide bonds. The van der Waals surface area contributed by atoms with Crippen molar-refractivity contribution in [1.29, 1.82) is 0 Å². The van der Waals surface area contributed by atoms with Crippen molar-refractivity contribution in [3.63, 3.8) is 0 Å². The van der Waals surface area contributed by atoms with E-state index in [1.54, 1.807) is 11.3 Å². The predicted octanol–water partition coefficient (Wildman–Crippen LogP) is 3.71. The molecule has 16 heavy (non-hydrogen) atoms. The Labute approximate surface area is 103 Å². The molecule has 1 unspecified atom stereocenters. The van der Waals surface area contributed by atoms with E-state index in [1.807, 2.05) is 17.7 Å². The lowest BCUT2D eigenvalue weighted by molar-refractivity contribution is 0.322. The van der Waals surface area contributed by atoms with Crippen LogP contribution in [-0.2, 0) is 5.54 Å². The quantitative estimate of drug-likeness (QED) is 0.732. The average Bonchev–Trinajstić information content (AvgIpc) is 2.78. The lowest BCUT2D eigenvalue weighted by Gasteiger charge is -2.29. The van der Waals surface area contributed by atoms with Gasteiger partial charge in [0.15, 0.2) is 0 Å². The van der Waals surface area contributed by atoms with Crippen molar-refractivity contribution < 1.29 is 0 Å². The lowest BCUT2D eigenvalue weighted by Crippen LogP contribution is -2.43. The minimum absolute atomic E-state index is 0.0317. The molecule has 0 bridgehead atoms. The maximum absolute atomic E-state index is 4.39. The van der Waals surface area contributed by atoms with Crippen LogP contribution in [0.5, 0.6) is 0 Å². The lowest BCUT2D eigenvalue weighted by atomic mass is 10.0. The van der Waals surface area contributed by atoms with E-state index in [0.29, 0.717) is 6.04 Å². The van der Waals surface area contributed by atoms with Gasteiger partial charge in [-0.15, -0.1) is 17.9 Å². The first-order valence-corrected chi connectivity index (χ1v) is 6.76. The van der Waals surface area contributed by atoms with E-state index in [1.165, 1.54) is 0 Å². The summed E-state index contributed by atoms with van der Waals surface area (Å²) in [5, 5.41) is 6.87. The Bertz CT molecular complexity index is 304. The smallest absolute Gasteiger partial charge is 0.112 e. The Morgan fingerprint density at radius 1 is 1.62 bits per heavy atom. The van der Waals surface area contributed by atoms with Crippen molar-refractivity contribution in [3.05, 3.63) is 29.2 Å². The molecule has 0 aliphatic rings. The zero-order valence-electron chi connectivity index (χ0n) is 10.5. The van der Waals surface area contributed by atoms with Crippen molar-refractivity contribution in [2.75, 3.05) is 0 Å². The highest BCUT2D eigenvalue weighted by Gasteiger charge is 2.25. The third-order valence-electron chi connectivity index (χ3n) is 2.74. The normalized spacial score (nSPS) is 13.7. The number of thiazole rings is 1. The molecule has 0 saturated heterocycles. The second-order valence-electron chi connectivity index (χ2n) is 4.58. The number of rotatable bonds is 7. The maximum Gasteiger partial charge on any atom is 0.112 e. The molecular formula is C13H22N2S. The fourth-order valence-electron chi connectivity index (χ4n) is 1.80. The Morgan fingerprint density at radius 3 is 2.88 bits per heavy atom. The topological polar surface area (TPSA) is 24.9 Å². The first-order chi connectivity index (χ1) is 7.60. The van der Waals surface area contributed by atoms with E-state index in [9.17, 15) is 0 Å². The first-order valence-electron chi connectivity index (χ1n) is 5.88. The third kappa shape index (κ3) is 3.72. The second kappa shape index (κ2) is 6.16. The number of allylic oxidation sites excluding steroid dienone is 1. The van der Waals surface area contributed by atoms with Gasteiger partial charge in [0.05, 0.1) is 5.54 Å². The van der Waals surface area contributed by atoms with Crippen LogP contribution in [0.2, 0.25) is 0 Å². The summed E-state index contributed by atoms with van der Waals surface area (Å²) in [4.78, 5) is 4.39. The van der Waals surface area contributed by atoms with Crippen LogP contribution >= 0.6 is 11.3 Å². The highest BCUT2D eigenvalue weighted by atomic mass is 32.1. The van der Waals surface area contributed by atoms with Crippen LogP contribution < -0.4 is 5.32 Å². The van der Waals surface area contributed by atoms with Gasteiger partial charge in [-0.05, 0) is 33.1 Å². The summed E-state index contributed by atoms with van der Waals surface area (Å²) in [6.45, 7) is 10.4. The first kappa shape index (κ1) is 13.4. The van der Waals surface area contributed by atoms with Crippen molar-refractivity contribution in [3.8, 4) is 0 Å². The van der Waals surface area contributed by atoms with E-state index in [4.69, 9.17) is 0 Å². The van der Waals surface area contributed by atoms with Crippen LogP contribution in [0.15, 0.2) is 24.2 Å². The summed E-state index contributed by atoms with van der Waals surface area (Å²) in [7, 11) is 0. The van der Waals surface area contributed by atoms with E-state index < -0.39 is 0 Å². The fourth-order valence-corrected chi connectivity index (χ4v) is 2.53. The molecule has 2 nitrogen and oxygen atoms in total. The predicted molar refractivity (Wildman–Crippen MR) is 71.8 cm³/mol. The number of hydrogen-bond donors (Lipinski definition) is 1. The van der Waals surface area contributed by atoms with Gasteiger partial charge in [0.25, 0.3) is 0 Å². The standard InChI is InChI=1S/C13H22N2S/c1-5-7-8-11(6-2)15-13(3,4)12-14-9-10-16-12/h5,9-11,15H,1,6-8H2,2-4H3. The molecule has 1 atom stereocenters. The van der Waals surface area contributed by atoms with Crippen LogP contribution in [0.1, 0.15) is 45.0 Å². The minimum atomic E-state index is -0.0317.